The van der Waals surface area contributed by atoms with Crippen LogP contribution in [0.4, 0.5) is 0 Å². The lowest BCUT2D eigenvalue weighted by molar-refractivity contribution is -0.0226. The highest BCUT2D eigenvalue weighted by molar-refractivity contribution is 4.76. The zero-order valence-electron chi connectivity index (χ0n) is 11.5. The number of rotatable bonds is 0. The summed E-state index contributed by atoms with van der Waals surface area (Å²) < 4.78 is 0. The van der Waals surface area contributed by atoms with Crippen molar-refractivity contribution in [3.63, 3.8) is 0 Å². The molecule has 4 heteroatoms. The lowest BCUT2D eigenvalue weighted by atomic mass is 9.87. The number of hydrogen-bond donors (Lipinski definition) is 4. The van der Waals surface area contributed by atoms with Crippen LogP contribution in [0.25, 0.3) is 0 Å². The monoisotopic (exact) mass is 260 g/mol. The Kier molecular flexibility index (Phi) is 6.57. The third-order valence-electron chi connectivity index (χ3n) is 3.94. The predicted molar refractivity (Wildman–Crippen MR) is 70.1 cm³/mol. The normalized spacial score (nSPS) is 45.0. The number of aliphatic hydroxyl groups is 4. The minimum absolute atomic E-state index is 0.260. The smallest absolute Gasteiger partial charge is 0.0801 e. The average molecular weight is 260 g/mol. The van der Waals surface area contributed by atoms with E-state index in [0.29, 0.717) is 18.3 Å². The average Bonchev–Trinajstić information content (AvgIpc) is 2.23. The molecule has 0 saturated heterocycles. The molecule has 2 fully saturated rings. The van der Waals surface area contributed by atoms with Crippen molar-refractivity contribution in [2.24, 2.45) is 11.8 Å². The molecular weight excluding hydrogens is 232 g/mol. The van der Waals surface area contributed by atoms with Crippen molar-refractivity contribution in [2.75, 3.05) is 0 Å². The van der Waals surface area contributed by atoms with Crippen LogP contribution in [0.2, 0.25) is 0 Å². The van der Waals surface area contributed by atoms with Crippen molar-refractivity contribution in [1.29, 1.82) is 0 Å². The first-order chi connectivity index (χ1) is 8.38. The molecule has 0 aliphatic heterocycles. The second-order valence-corrected chi connectivity index (χ2v) is 6.17. The molecule has 0 aromatic carbocycles. The fourth-order valence-corrected chi connectivity index (χ4v) is 2.87. The second-order valence-electron chi connectivity index (χ2n) is 6.17. The van der Waals surface area contributed by atoms with Crippen LogP contribution < -0.4 is 0 Å². The molecule has 0 radical (unpaired) electrons. The van der Waals surface area contributed by atoms with Gasteiger partial charge in [0.2, 0.25) is 0 Å². The molecule has 0 heterocycles. The van der Waals surface area contributed by atoms with Gasteiger partial charge in [0.1, 0.15) is 0 Å². The highest BCUT2D eigenvalue weighted by atomic mass is 16.3. The molecule has 0 aromatic rings. The maximum absolute atomic E-state index is 9.10. The van der Waals surface area contributed by atoms with Gasteiger partial charge in [-0.3, -0.25) is 0 Å². The highest BCUT2D eigenvalue weighted by Gasteiger charge is 2.24. The number of aliphatic hydroxyl groups excluding tert-OH is 4. The molecule has 18 heavy (non-hydrogen) atoms. The zero-order valence-corrected chi connectivity index (χ0v) is 11.5. The van der Waals surface area contributed by atoms with E-state index < -0.39 is 12.2 Å². The first kappa shape index (κ1) is 15.9. The van der Waals surface area contributed by atoms with Crippen LogP contribution in [0.3, 0.4) is 0 Å². The molecule has 0 bridgehead atoms. The Morgan fingerprint density at radius 3 is 1.56 bits per heavy atom. The molecule has 0 spiro atoms. The Morgan fingerprint density at radius 2 is 1.17 bits per heavy atom. The maximum Gasteiger partial charge on any atom is 0.0801 e. The molecule has 4 nitrogen and oxygen atoms in total. The van der Waals surface area contributed by atoms with Gasteiger partial charge in [-0.25, -0.2) is 0 Å². The molecule has 2 aliphatic rings. The van der Waals surface area contributed by atoms with Gasteiger partial charge in [0, 0.05) is 0 Å². The number of hydrogen-bond acceptors (Lipinski definition) is 4. The lowest BCUT2D eigenvalue weighted by Crippen LogP contribution is -2.32. The van der Waals surface area contributed by atoms with Crippen LogP contribution in [-0.4, -0.2) is 44.8 Å². The summed E-state index contributed by atoms with van der Waals surface area (Å²) in [6, 6.07) is 0. The molecule has 2 aliphatic carbocycles. The van der Waals surface area contributed by atoms with Gasteiger partial charge < -0.3 is 20.4 Å². The van der Waals surface area contributed by atoms with E-state index in [1.165, 1.54) is 0 Å². The summed E-state index contributed by atoms with van der Waals surface area (Å²) in [5.41, 5.74) is 0. The third kappa shape index (κ3) is 5.65. The van der Waals surface area contributed by atoms with Crippen LogP contribution in [0.5, 0.6) is 0 Å². The van der Waals surface area contributed by atoms with Crippen LogP contribution in [0, 0.1) is 11.8 Å². The summed E-state index contributed by atoms with van der Waals surface area (Å²) in [5, 5.41) is 36.3. The van der Waals surface area contributed by atoms with Gasteiger partial charge in [-0.2, -0.15) is 0 Å². The summed E-state index contributed by atoms with van der Waals surface area (Å²) in [5.74, 6) is 1.08. The highest BCUT2D eigenvalue weighted by Crippen LogP contribution is 2.24. The van der Waals surface area contributed by atoms with Crippen molar-refractivity contribution in [1.82, 2.24) is 0 Å². The van der Waals surface area contributed by atoms with E-state index in [9.17, 15) is 0 Å². The van der Waals surface area contributed by atoms with E-state index in [-0.39, 0.29) is 12.2 Å². The van der Waals surface area contributed by atoms with Crippen LogP contribution in [-0.2, 0) is 0 Å². The predicted octanol–water partition coefficient (Wildman–Crippen LogP) is 1.06. The van der Waals surface area contributed by atoms with Crippen LogP contribution in [0.1, 0.15) is 52.4 Å². The summed E-state index contributed by atoms with van der Waals surface area (Å²) in [4.78, 5) is 0. The topological polar surface area (TPSA) is 80.9 Å². The summed E-state index contributed by atoms with van der Waals surface area (Å²) >= 11 is 0. The Labute approximate surface area is 110 Å². The molecular formula is C14H28O4. The zero-order chi connectivity index (χ0) is 13.7. The Balaban J connectivity index is 0.000000180. The van der Waals surface area contributed by atoms with Crippen LogP contribution in [0.15, 0.2) is 0 Å². The van der Waals surface area contributed by atoms with E-state index in [0.717, 1.165) is 32.1 Å². The van der Waals surface area contributed by atoms with Gasteiger partial charge >= 0.3 is 0 Å². The molecule has 4 N–H and O–H groups in total. The summed E-state index contributed by atoms with van der Waals surface area (Å²) in [6.07, 6.45) is 3.43. The molecule has 0 aromatic heterocycles. The van der Waals surface area contributed by atoms with Gasteiger partial charge in [0.15, 0.2) is 0 Å². The van der Waals surface area contributed by atoms with Gasteiger partial charge in [-0.05, 0) is 50.4 Å². The van der Waals surface area contributed by atoms with E-state index in [1.807, 2.05) is 0 Å². The molecule has 108 valence electrons. The molecule has 5 unspecified atom stereocenters. The molecule has 5 atom stereocenters. The van der Waals surface area contributed by atoms with E-state index >= 15 is 0 Å². The van der Waals surface area contributed by atoms with Crippen molar-refractivity contribution < 1.29 is 20.4 Å². The van der Waals surface area contributed by atoms with Crippen LogP contribution >= 0.6 is 0 Å². The SMILES string of the molecule is CC1CC(O)CC(O)C1.CC1CCC(O)C(O)C1. The van der Waals surface area contributed by atoms with Gasteiger partial charge in [0.05, 0.1) is 24.4 Å². The quantitative estimate of drug-likeness (QED) is 0.525. The van der Waals surface area contributed by atoms with E-state index in [4.69, 9.17) is 20.4 Å². The Bertz CT molecular complexity index is 209. The van der Waals surface area contributed by atoms with Crippen molar-refractivity contribution >= 4 is 0 Å². The Morgan fingerprint density at radius 1 is 0.611 bits per heavy atom. The van der Waals surface area contributed by atoms with Crippen molar-refractivity contribution in [3.05, 3.63) is 0 Å². The van der Waals surface area contributed by atoms with E-state index in [1.54, 1.807) is 0 Å². The second kappa shape index (κ2) is 7.43. The van der Waals surface area contributed by atoms with Crippen molar-refractivity contribution in [3.8, 4) is 0 Å². The Hall–Kier alpha value is -0.160. The van der Waals surface area contributed by atoms with Gasteiger partial charge in [0.25, 0.3) is 0 Å². The maximum atomic E-state index is 9.10. The first-order valence-corrected chi connectivity index (χ1v) is 7.10. The molecule has 2 saturated carbocycles. The summed E-state index contributed by atoms with van der Waals surface area (Å²) in [7, 11) is 0. The van der Waals surface area contributed by atoms with E-state index in [2.05, 4.69) is 13.8 Å². The minimum Gasteiger partial charge on any atom is -0.393 e. The molecule has 0 amide bonds. The lowest BCUT2D eigenvalue weighted by Gasteiger charge is -2.27. The van der Waals surface area contributed by atoms with Crippen molar-refractivity contribution in [2.45, 2.75) is 76.8 Å². The largest absolute Gasteiger partial charge is 0.393 e. The summed E-state index contributed by atoms with van der Waals surface area (Å²) in [6.45, 7) is 4.17. The fourth-order valence-electron chi connectivity index (χ4n) is 2.87. The fraction of sp³-hybridized carbons (Fsp3) is 1.00. The molecule has 2 rings (SSSR count). The van der Waals surface area contributed by atoms with Gasteiger partial charge in [-0.15, -0.1) is 0 Å². The standard InChI is InChI=1S/2C7H14O2/c1-5-2-6(8)4-7(9)3-5;1-5-2-3-6(8)7(9)4-5/h2*5-9H,2-4H2,1H3. The minimum atomic E-state index is -0.464. The third-order valence-corrected chi connectivity index (χ3v) is 3.94. The van der Waals surface area contributed by atoms with Gasteiger partial charge in [-0.1, -0.05) is 13.8 Å². The first-order valence-electron chi connectivity index (χ1n) is 7.10.